The molecule has 0 saturated heterocycles. The van der Waals surface area contributed by atoms with Crippen molar-refractivity contribution in [3.63, 3.8) is 0 Å². The quantitative estimate of drug-likeness (QED) is 0.837. The van der Waals surface area contributed by atoms with Crippen LogP contribution in [0, 0.1) is 11.8 Å². The summed E-state index contributed by atoms with van der Waals surface area (Å²) in [6, 6.07) is 4.11. The van der Waals surface area contributed by atoms with Crippen LogP contribution in [0.1, 0.15) is 12.1 Å². The van der Waals surface area contributed by atoms with E-state index in [0.29, 0.717) is 0 Å². The summed E-state index contributed by atoms with van der Waals surface area (Å²) in [5.41, 5.74) is -0.430. The maximum atomic E-state index is 13.7. The highest BCUT2D eigenvalue weighted by atomic mass is 19.3. The first-order valence-electron chi connectivity index (χ1n) is 5.71. The van der Waals surface area contributed by atoms with Gasteiger partial charge in [-0.3, -0.25) is 14.6 Å². The molecule has 5 nitrogen and oxygen atoms in total. The second-order valence-corrected chi connectivity index (χ2v) is 4.42. The lowest BCUT2D eigenvalue weighted by molar-refractivity contribution is -0.140. The summed E-state index contributed by atoms with van der Waals surface area (Å²) < 4.78 is 27.3. The Morgan fingerprint density at radius 3 is 2.68 bits per heavy atom. The van der Waals surface area contributed by atoms with Gasteiger partial charge < -0.3 is 10.4 Å². The van der Waals surface area contributed by atoms with Gasteiger partial charge in [-0.25, -0.2) is 0 Å². The highest BCUT2D eigenvalue weighted by Crippen LogP contribution is 2.38. The summed E-state index contributed by atoms with van der Waals surface area (Å²) in [6.45, 7) is -0.883. The number of carbonyl (C=O) groups excluding carboxylic acids is 1. The van der Waals surface area contributed by atoms with E-state index in [1.54, 1.807) is 0 Å². The van der Waals surface area contributed by atoms with Gasteiger partial charge in [-0.1, -0.05) is 6.07 Å². The zero-order valence-corrected chi connectivity index (χ0v) is 9.85. The first-order valence-corrected chi connectivity index (χ1v) is 5.71. The van der Waals surface area contributed by atoms with Gasteiger partial charge >= 0.3 is 11.9 Å². The van der Waals surface area contributed by atoms with Gasteiger partial charge in [-0.2, -0.15) is 8.78 Å². The molecular formula is C12H12F2N2O3. The molecule has 0 bridgehead atoms. The minimum atomic E-state index is -3.27. The molecule has 1 fully saturated rings. The van der Waals surface area contributed by atoms with Crippen molar-refractivity contribution >= 4 is 11.9 Å². The lowest BCUT2D eigenvalue weighted by Gasteiger charge is -2.16. The normalized spacial score (nSPS) is 21.8. The predicted molar refractivity (Wildman–Crippen MR) is 60.4 cm³/mol. The van der Waals surface area contributed by atoms with E-state index in [1.807, 2.05) is 0 Å². The van der Waals surface area contributed by atoms with Crippen molar-refractivity contribution in [1.29, 1.82) is 0 Å². The molecule has 1 saturated carbocycles. The summed E-state index contributed by atoms with van der Waals surface area (Å²) in [5, 5.41) is 10.7. The maximum Gasteiger partial charge on any atom is 0.307 e. The molecular weight excluding hydrogens is 258 g/mol. The van der Waals surface area contributed by atoms with Crippen molar-refractivity contribution in [3.05, 3.63) is 30.1 Å². The maximum absolute atomic E-state index is 13.7. The van der Waals surface area contributed by atoms with Gasteiger partial charge in [-0.15, -0.1) is 0 Å². The minimum Gasteiger partial charge on any atom is -0.481 e. The first kappa shape index (κ1) is 13.4. The van der Waals surface area contributed by atoms with Gasteiger partial charge in [0.2, 0.25) is 5.91 Å². The number of hydrogen-bond donors (Lipinski definition) is 2. The van der Waals surface area contributed by atoms with E-state index in [1.165, 1.54) is 24.4 Å². The highest BCUT2D eigenvalue weighted by molar-refractivity contribution is 5.89. The zero-order chi connectivity index (χ0) is 14.0. The Kier molecular flexibility index (Phi) is 3.46. The molecule has 1 aliphatic rings. The summed E-state index contributed by atoms with van der Waals surface area (Å²) in [7, 11) is 0. The highest BCUT2D eigenvalue weighted by Gasteiger charge is 2.48. The van der Waals surface area contributed by atoms with Crippen LogP contribution in [0.2, 0.25) is 0 Å². The fraction of sp³-hybridized carbons (Fsp3) is 0.417. The van der Waals surface area contributed by atoms with Crippen molar-refractivity contribution in [2.24, 2.45) is 11.8 Å². The molecule has 1 amide bonds. The van der Waals surface area contributed by atoms with Crippen molar-refractivity contribution in [3.8, 4) is 0 Å². The zero-order valence-electron chi connectivity index (χ0n) is 9.85. The van der Waals surface area contributed by atoms with Gasteiger partial charge in [0.25, 0.3) is 0 Å². The van der Waals surface area contributed by atoms with E-state index >= 15 is 0 Å². The standard InChI is InChI=1S/C12H12F2N2O3/c13-12(14,9-3-1-2-4-15-9)6-16-10(17)7-5-8(7)11(18)19/h1-4,7-8H,5-6H2,(H,16,17)(H,18,19)/t7-,8-/m1/s1. The molecule has 1 heterocycles. The molecule has 19 heavy (non-hydrogen) atoms. The number of nitrogens with one attached hydrogen (secondary N) is 1. The molecule has 102 valence electrons. The van der Waals surface area contributed by atoms with Crippen LogP contribution in [0.3, 0.4) is 0 Å². The van der Waals surface area contributed by atoms with Crippen LogP contribution in [0.15, 0.2) is 24.4 Å². The Labute approximate surface area is 107 Å². The van der Waals surface area contributed by atoms with Gasteiger partial charge in [0.05, 0.1) is 18.4 Å². The largest absolute Gasteiger partial charge is 0.481 e. The van der Waals surface area contributed by atoms with Crippen LogP contribution < -0.4 is 5.32 Å². The van der Waals surface area contributed by atoms with E-state index < -0.39 is 41.9 Å². The monoisotopic (exact) mass is 270 g/mol. The van der Waals surface area contributed by atoms with E-state index in [-0.39, 0.29) is 6.42 Å². The molecule has 7 heteroatoms. The van der Waals surface area contributed by atoms with Crippen LogP contribution >= 0.6 is 0 Å². The van der Waals surface area contributed by atoms with Crippen molar-refractivity contribution in [2.75, 3.05) is 6.54 Å². The number of rotatable bonds is 5. The van der Waals surface area contributed by atoms with Gasteiger partial charge in [-0.05, 0) is 18.6 Å². The van der Waals surface area contributed by atoms with Crippen LogP contribution in [-0.2, 0) is 15.5 Å². The van der Waals surface area contributed by atoms with Crippen LogP contribution in [0.25, 0.3) is 0 Å². The SMILES string of the molecule is O=C(O)[C@@H]1C[C@H]1C(=O)NCC(F)(F)c1ccccn1. The molecule has 1 aromatic heterocycles. The molecule has 0 unspecified atom stereocenters. The molecule has 2 atom stereocenters. The number of aliphatic carboxylic acids is 1. The summed E-state index contributed by atoms with van der Waals surface area (Å²) in [5.74, 6) is -6.44. The van der Waals surface area contributed by atoms with E-state index in [0.717, 1.165) is 0 Å². The molecule has 1 aromatic rings. The number of carboxylic acid groups (broad SMARTS) is 1. The Hall–Kier alpha value is -2.05. The van der Waals surface area contributed by atoms with Crippen LogP contribution in [-0.4, -0.2) is 28.5 Å². The molecule has 0 spiro atoms. The molecule has 2 rings (SSSR count). The van der Waals surface area contributed by atoms with E-state index in [2.05, 4.69) is 10.3 Å². The molecule has 2 N–H and O–H groups in total. The average Bonchev–Trinajstić information content (AvgIpc) is 3.17. The third-order valence-corrected chi connectivity index (χ3v) is 2.97. The van der Waals surface area contributed by atoms with Crippen LogP contribution in [0.5, 0.6) is 0 Å². The topological polar surface area (TPSA) is 79.3 Å². The van der Waals surface area contributed by atoms with Gasteiger partial charge in [0, 0.05) is 6.20 Å². The average molecular weight is 270 g/mol. The number of nitrogens with zero attached hydrogens (tertiary/aromatic N) is 1. The van der Waals surface area contributed by atoms with Crippen molar-refractivity contribution in [2.45, 2.75) is 12.3 Å². The number of alkyl halides is 2. The summed E-state index contributed by atoms with van der Waals surface area (Å²) in [6.07, 6.45) is 1.45. The van der Waals surface area contributed by atoms with Crippen molar-refractivity contribution in [1.82, 2.24) is 10.3 Å². The Balaban J connectivity index is 1.89. The summed E-state index contributed by atoms with van der Waals surface area (Å²) >= 11 is 0. The number of carboxylic acids is 1. The summed E-state index contributed by atoms with van der Waals surface area (Å²) in [4.78, 5) is 25.6. The minimum absolute atomic E-state index is 0.205. The third-order valence-electron chi connectivity index (χ3n) is 2.97. The number of hydrogen-bond acceptors (Lipinski definition) is 3. The second-order valence-electron chi connectivity index (χ2n) is 4.42. The van der Waals surface area contributed by atoms with E-state index in [4.69, 9.17) is 5.11 Å². The number of amides is 1. The lowest BCUT2D eigenvalue weighted by atomic mass is 10.2. The van der Waals surface area contributed by atoms with Crippen molar-refractivity contribution < 1.29 is 23.5 Å². The second kappa shape index (κ2) is 4.91. The Bertz CT molecular complexity index is 493. The third kappa shape index (κ3) is 3.04. The Morgan fingerprint density at radius 1 is 1.42 bits per heavy atom. The number of pyridine rings is 1. The fourth-order valence-electron chi connectivity index (χ4n) is 1.76. The molecule has 1 aliphatic carbocycles. The molecule has 0 aliphatic heterocycles. The number of aromatic nitrogens is 1. The lowest BCUT2D eigenvalue weighted by Crippen LogP contribution is -2.36. The van der Waals surface area contributed by atoms with Gasteiger partial charge in [0.15, 0.2) is 0 Å². The fourth-order valence-corrected chi connectivity index (χ4v) is 1.76. The predicted octanol–water partition coefficient (Wildman–Crippen LogP) is 1.01. The molecule has 0 aromatic carbocycles. The smallest absolute Gasteiger partial charge is 0.307 e. The van der Waals surface area contributed by atoms with E-state index in [9.17, 15) is 18.4 Å². The number of carbonyl (C=O) groups is 2. The van der Waals surface area contributed by atoms with Crippen LogP contribution in [0.4, 0.5) is 8.78 Å². The number of halogens is 2. The molecule has 0 radical (unpaired) electrons. The first-order chi connectivity index (χ1) is 8.92. The Morgan fingerprint density at radius 2 is 2.16 bits per heavy atom. The van der Waals surface area contributed by atoms with Gasteiger partial charge in [0.1, 0.15) is 5.69 Å².